The number of ketones is 2. The maximum Gasteiger partial charge on any atom is 0.435 e. The van der Waals surface area contributed by atoms with Crippen LogP contribution in [0.3, 0.4) is 0 Å². The Balaban J connectivity index is 1.29. The van der Waals surface area contributed by atoms with E-state index in [0.29, 0.717) is 17.2 Å². The number of carboxylic acid groups (broad SMARTS) is 1. The van der Waals surface area contributed by atoms with E-state index < -0.39 is 29.2 Å². The number of hydrogen-bond donors (Lipinski definition) is 2. The van der Waals surface area contributed by atoms with Crippen LogP contribution in [0.4, 0.5) is 13.2 Å². The molecule has 0 bridgehead atoms. The van der Waals surface area contributed by atoms with E-state index in [2.05, 4.69) is 5.10 Å². The van der Waals surface area contributed by atoms with E-state index in [1.54, 1.807) is 12.1 Å². The lowest BCUT2D eigenvalue weighted by Gasteiger charge is -2.28. The molecule has 0 atom stereocenters. The molecule has 3 aromatic rings. The van der Waals surface area contributed by atoms with Crippen LogP contribution in [0.1, 0.15) is 90.0 Å². The van der Waals surface area contributed by atoms with Gasteiger partial charge in [-0.1, -0.05) is 36.4 Å². The van der Waals surface area contributed by atoms with Gasteiger partial charge in [-0.2, -0.15) is 18.3 Å². The third kappa shape index (κ3) is 8.13. The maximum absolute atomic E-state index is 13.6. The first-order valence-corrected chi connectivity index (χ1v) is 13.8. The van der Waals surface area contributed by atoms with Gasteiger partial charge < -0.3 is 10.2 Å². The van der Waals surface area contributed by atoms with Crippen molar-refractivity contribution >= 4 is 17.5 Å². The predicted molar refractivity (Wildman–Crippen MR) is 145 cm³/mol. The molecule has 1 saturated carbocycles. The Morgan fingerprint density at radius 3 is 2.12 bits per heavy atom. The molecule has 1 aliphatic rings. The molecule has 10 heteroatoms. The molecule has 2 N–H and O–H groups in total. The summed E-state index contributed by atoms with van der Waals surface area (Å²) < 4.78 is 41.9. The Hall–Kier alpha value is -3.79. The van der Waals surface area contributed by atoms with Crippen LogP contribution in [0.15, 0.2) is 54.7 Å². The number of benzene rings is 2. The van der Waals surface area contributed by atoms with E-state index in [4.69, 9.17) is 10.2 Å². The number of aliphatic hydroxyl groups excluding tert-OH is 1. The fourth-order valence-corrected chi connectivity index (χ4v) is 5.43. The first-order valence-electron chi connectivity index (χ1n) is 13.8. The second-order valence-corrected chi connectivity index (χ2v) is 10.7. The number of rotatable bonds is 12. The zero-order valence-electron chi connectivity index (χ0n) is 22.6. The summed E-state index contributed by atoms with van der Waals surface area (Å²) in [6.07, 6.45) is 0.266. The summed E-state index contributed by atoms with van der Waals surface area (Å²) in [5.41, 5.74) is 1.10. The van der Waals surface area contributed by atoms with Gasteiger partial charge in [0.1, 0.15) is 5.78 Å². The summed E-state index contributed by atoms with van der Waals surface area (Å²) in [6.45, 7) is -0.209. The van der Waals surface area contributed by atoms with E-state index in [9.17, 15) is 27.6 Å². The number of carbonyl (C=O) groups excluding carboxylic acids is 2. The SMILES string of the molecule is O=C(O)CC1CCC(c2ccc(CC(=O)CCCC(=O)c3cn(-c4ccc(CO)cc4)nc3C(F)(F)F)cc2)CC1. The third-order valence-corrected chi connectivity index (χ3v) is 7.69. The van der Waals surface area contributed by atoms with Crippen LogP contribution in [0, 0.1) is 5.92 Å². The molecule has 1 aliphatic carbocycles. The highest BCUT2D eigenvalue weighted by Crippen LogP contribution is 2.37. The van der Waals surface area contributed by atoms with Crippen molar-refractivity contribution in [3.8, 4) is 5.69 Å². The van der Waals surface area contributed by atoms with Crippen LogP contribution in [-0.2, 0) is 28.8 Å². The number of aliphatic carboxylic acids is 1. The lowest BCUT2D eigenvalue weighted by atomic mass is 9.77. The molecular formula is C31H33F3N2O5. The summed E-state index contributed by atoms with van der Waals surface area (Å²) in [5.74, 6) is -0.980. The fourth-order valence-electron chi connectivity index (χ4n) is 5.43. The van der Waals surface area contributed by atoms with Crippen LogP contribution >= 0.6 is 0 Å². The Morgan fingerprint density at radius 1 is 0.902 bits per heavy atom. The second kappa shape index (κ2) is 13.2. The molecule has 1 fully saturated rings. The molecule has 41 heavy (non-hydrogen) atoms. The van der Waals surface area contributed by atoms with Crippen LogP contribution in [0.5, 0.6) is 0 Å². The van der Waals surface area contributed by atoms with E-state index in [1.807, 2.05) is 24.3 Å². The lowest BCUT2D eigenvalue weighted by Crippen LogP contribution is -2.16. The fraction of sp³-hybridized carbons (Fsp3) is 0.419. The van der Waals surface area contributed by atoms with Gasteiger partial charge in [0, 0.05) is 31.9 Å². The summed E-state index contributed by atoms with van der Waals surface area (Å²) in [7, 11) is 0. The highest BCUT2D eigenvalue weighted by molar-refractivity contribution is 5.97. The van der Waals surface area contributed by atoms with Crippen molar-refractivity contribution in [1.29, 1.82) is 0 Å². The number of aromatic nitrogens is 2. The smallest absolute Gasteiger partial charge is 0.435 e. The van der Waals surface area contributed by atoms with Gasteiger partial charge in [0.05, 0.1) is 17.9 Å². The van der Waals surface area contributed by atoms with Crippen molar-refractivity contribution < 1.29 is 37.8 Å². The molecule has 0 spiro atoms. The molecular weight excluding hydrogens is 537 g/mol. The second-order valence-electron chi connectivity index (χ2n) is 10.7. The number of halogens is 3. The van der Waals surface area contributed by atoms with Gasteiger partial charge in [-0.25, -0.2) is 4.68 Å². The van der Waals surface area contributed by atoms with E-state index in [-0.39, 0.29) is 50.4 Å². The van der Waals surface area contributed by atoms with Crippen molar-refractivity contribution in [2.75, 3.05) is 0 Å². The zero-order valence-corrected chi connectivity index (χ0v) is 22.6. The molecule has 0 amide bonds. The summed E-state index contributed by atoms with van der Waals surface area (Å²) >= 11 is 0. The number of hydrogen-bond acceptors (Lipinski definition) is 5. The number of carbonyl (C=O) groups is 3. The molecule has 218 valence electrons. The quantitative estimate of drug-likeness (QED) is 0.248. The Kier molecular flexibility index (Phi) is 9.75. The summed E-state index contributed by atoms with van der Waals surface area (Å²) in [6, 6.07) is 13.9. The average Bonchev–Trinajstić information content (AvgIpc) is 3.40. The molecule has 0 aliphatic heterocycles. The summed E-state index contributed by atoms with van der Waals surface area (Å²) in [5, 5.41) is 21.7. The van der Waals surface area contributed by atoms with Gasteiger partial charge in [0.25, 0.3) is 0 Å². The minimum Gasteiger partial charge on any atom is -0.481 e. The van der Waals surface area contributed by atoms with Crippen LogP contribution in [0.2, 0.25) is 0 Å². The van der Waals surface area contributed by atoms with Gasteiger partial charge in [-0.05, 0) is 72.8 Å². The Morgan fingerprint density at radius 2 is 1.54 bits per heavy atom. The van der Waals surface area contributed by atoms with Gasteiger partial charge in [-0.3, -0.25) is 14.4 Å². The van der Waals surface area contributed by atoms with E-state index in [0.717, 1.165) is 42.1 Å². The molecule has 2 aromatic carbocycles. The minimum absolute atomic E-state index is 0.0686. The Labute approximate surface area is 236 Å². The van der Waals surface area contributed by atoms with Gasteiger partial charge >= 0.3 is 12.1 Å². The van der Waals surface area contributed by atoms with Gasteiger partial charge in [0.2, 0.25) is 0 Å². The van der Waals surface area contributed by atoms with Crippen molar-refractivity contribution in [2.24, 2.45) is 5.92 Å². The highest BCUT2D eigenvalue weighted by atomic mass is 19.4. The number of alkyl halides is 3. The van der Waals surface area contributed by atoms with Crippen LogP contribution in [0.25, 0.3) is 5.69 Å². The largest absolute Gasteiger partial charge is 0.481 e. The van der Waals surface area contributed by atoms with Crippen molar-refractivity contribution in [3.63, 3.8) is 0 Å². The standard InChI is InChI=1S/C31H33F3N2O5/c32-31(33,34)30-27(18-36(35-30)25-14-8-22(19-37)9-15-25)28(39)3-1-2-26(38)16-20-4-10-23(11-5-20)24-12-6-21(7-13-24)17-29(40)41/h4-5,8-11,14-15,18,21,24,37H,1-3,6-7,12-13,16-17,19H2,(H,40,41). The molecule has 0 saturated heterocycles. The van der Waals surface area contributed by atoms with E-state index in [1.165, 1.54) is 17.7 Å². The van der Waals surface area contributed by atoms with Crippen LogP contribution in [-0.4, -0.2) is 37.5 Å². The normalized spacial score (nSPS) is 17.4. The maximum atomic E-state index is 13.6. The number of nitrogens with zero attached hydrogens (tertiary/aromatic N) is 2. The average molecular weight is 571 g/mol. The molecule has 4 rings (SSSR count). The molecule has 0 radical (unpaired) electrons. The zero-order chi connectivity index (χ0) is 29.6. The molecule has 0 unspecified atom stereocenters. The summed E-state index contributed by atoms with van der Waals surface area (Å²) in [4.78, 5) is 36.2. The highest BCUT2D eigenvalue weighted by Gasteiger charge is 2.39. The number of Topliss-reactive ketones (excluding diaryl/α,β-unsaturated/α-hetero) is 2. The number of aliphatic hydroxyl groups is 1. The van der Waals surface area contributed by atoms with Crippen molar-refractivity contribution in [1.82, 2.24) is 9.78 Å². The molecule has 1 aromatic heterocycles. The minimum atomic E-state index is -4.82. The van der Waals surface area contributed by atoms with Crippen LogP contribution < -0.4 is 0 Å². The van der Waals surface area contributed by atoms with Gasteiger partial charge in [0.15, 0.2) is 11.5 Å². The third-order valence-electron chi connectivity index (χ3n) is 7.69. The van der Waals surface area contributed by atoms with Crippen molar-refractivity contribution in [2.45, 2.75) is 76.5 Å². The Bertz CT molecular complexity index is 1360. The van der Waals surface area contributed by atoms with Gasteiger partial charge in [-0.15, -0.1) is 0 Å². The monoisotopic (exact) mass is 570 g/mol. The first-order chi connectivity index (χ1) is 19.5. The molecule has 7 nitrogen and oxygen atoms in total. The lowest BCUT2D eigenvalue weighted by molar-refractivity contribution is -0.141. The van der Waals surface area contributed by atoms with E-state index >= 15 is 0 Å². The number of carboxylic acids is 1. The first kappa shape index (κ1) is 30.2. The van der Waals surface area contributed by atoms with Crippen molar-refractivity contribution in [3.05, 3.63) is 82.7 Å². The topological polar surface area (TPSA) is 109 Å². The predicted octanol–water partition coefficient (Wildman–Crippen LogP) is 6.30. The molecule has 1 heterocycles.